The van der Waals surface area contributed by atoms with Gasteiger partial charge in [-0.3, -0.25) is 9.89 Å². The van der Waals surface area contributed by atoms with Crippen LogP contribution >= 0.6 is 12.2 Å². The van der Waals surface area contributed by atoms with Crippen LogP contribution in [0.15, 0.2) is 36.5 Å². The fourth-order valence-electron chi connectivity index (χ4n) is 3.83. The Labute approximate surface area is 191 Å². The van der Waals surface area contributed by atoms with Crippen molar-refractivity contribution in [3.63, 3.8) is 0 Å². The Morgan fingerprint density at radius 3 is 2.78 bits per heavy atom. The van der Waals surface area contributed by atoms with Gasteiger partial charge >= 0.3 is 0 Å². The number of amides is 1. The summed E-state index contributed by atoms with van der Waals surface area (Å²) in [5.41, 5.74) is 4.13. The summed E-state index contributed by atoms with van der Waals surface area (Å²) in [6.45, 7) is 9.34. The number of hydrogen-bond acceptors (Lipinski definition) is 5. The van der Waals surface area contributed by atoms with Crippen LogP contribution in [0.3, 0.4) is 0 Å². The number of H-pyrrole nitrogens is 1. The van der Waals surface area contributed by atoms with Crippen LogP contribution in [0.25, 0.3) is 22.3 Å². The van der Waals surface area contributed by atoms with E-state index in [1.807, 2.05) is 53.4 Å². The Bertz CT molecular complexity index is 1330. The Balaban J connectivity index is 1.68. The molecule has 0 saturated heterocycles. The van der Waals surface area contributed by atoms with Gasteiger partial charge in [0.25, 0.3) is 5.91 Å². The maximum Gasteiger partial charge on any atom is 0.252 e. The quantitative estimate of drug-likeness (QED) is 0.412. The van der Waals surface area contributed by atoms with E-state index in [-0.39, 0.29) is 11.9 Å². The number of hydrogen-bond donors (Lipinski definition) is 2. The van der Waals surface area contributed by atoms with Crippen LogP contribution in [0, 0.1) is 11.7 Å². The minimum atomic E-state index is -0.160. The van der Waals surface area contributed by atoms with E-state index in [2.05, 4.69) is 34.5 Å². The lowest BCUT2D eigenvalue weighted by molar-refractivity contribution is 0.0955. The van der Waals surface area contributed by atoms with E-state index in [4.69, 9.17) is 17.2 Å². The van der Waals surface area contributed by atoms with Gasteiger partial charge in [0.05, 0.1) is 22.8 Å². The molecule has 1 amide bonds. The van der Waals surface area contributed by atoms with Gasteiger partial charge in [-0.05, 0) is 51.5 Å². The first-order valence-electron chi connectivity index (χ1n) is 10.8. The van der Waals surface area contributed by atoms with E-state index in [1.165, 1.54) is 0 Å². The first-order chi connectivity index (χ1) is 15.4. The fourth-order valence-corrected chi connectivity index (χ4v) is 4.11. The zero-order chi connectivity index (χ0) is 22.8. The summed E-state index contributed by atoms with van der Waals surface area (Å²) in [7, 11) is 0. The predicted molar refractivity (Wildman–Crippen MR) is 127 cm³/mol. The average Bonchev–Trinajstić information content (AvgIpc) is 3.36. The van der Waals surface area contributed by atoms with Gasteiger partial charge in [0.2, 0.25) is 0 Å². The minimum absolute atomic E-state index is 0.125. The summed E-state index contributed by atoms with van der Waals surface area (Å²) in [6, 6.07) is 10.0. The van der Waals surface area contributed by atoms with Crippen molar-refractivity contribution in [2.45, 2.75) is 46.7 Å². The molecule has 3 aromatic heterocycles. The van der Waals surface area contributed by atoms with Crippen LogP contribution in [0.2, 0.25) is 0 Å². The molecule has 0 bridgehead atoms. The Hall–Kier alpha value is -3.33. The molecule has 0 spiro atoms. The van der Waals surface area contributed by atoms with Gasteiger partial charge in [-0.25, -0.2) is 9.67 Å². The molecule has 3 heterocycles. The topological polar surface area (TPSA) is 93.4 Å². The molecule has 0 radical (unpaired) electrons. The number of rotatable bonds is 7. The number of pyridine rings is 1. The second-order valence-electron chi connectivity index (χ2n) is 7.99. The number of aromatic nitrogens is 6. The van der Waals surface area contributed by atoms with E-state index in [0.717, 1.165) is 34.6 Å². The molecule has 0 fully saturated rings. The summed E-state index contributed by atoms with van der Waals surface area (Å²) in [4.78, 5) is 18.1. The highest BCUT2D eigenvalue weighted by Gasteiger charge is 2.19. The van der Waals surface area contributed by atoms with Crippen molar-refractivity contribution in [2.24, 2.45) is 0 Å². The average molecular weight is 450 g/mol. The van der Waals surface area contributed by atoms with Crippen molar-refractivity contribution in [3.05, 3.63) is 58.3 Å². The molecule has 1 aromatic carbocycles. The Kier molecular flexibility index (Phi) is 6.18. The SMILES string of the molecule is CCn1c(CCNC(=O)c2cc(-c3ccccc3C)nc3c2cnn3C(C)C)n[nH]c1=S. The molecular formula is C23H27N7OS. The van der Waals surface area contributed by atoms with Crippen LogP contribution in [0.5, 0.6) is 0 Å². The molecule has 166 valence electrons. The number of nitrogens with zero attached hydrogens (tertiary/aromatic N) is 5. The first kappa shape index (κ1) is 21.9. The number of fused-ring (bicyclic) bond motifs is 1. The standard InChI is InChI=1S/C23H27N7OS/c1-5-29-20(27-28-23(29)32)10-11-24-22(31)17-12-19(16-9-7-6-8-15(16)4)26-21-18(17)13-25-30(21)14(2)3/h6-9,12-14H,5,10-11H2,1-4H3,(H,24,31)(H,28,32). The molecule has 32 heavy (non-hydrogen) atoms. The molecular weight excluding hydrogens is 422 g/mol. The number of carbonyl (C=O) groups excluding carboxylic acids is 1. The van der Waals surface area contributed by atoms with E-state index in [9.17, 15) is 4.79 Å². The summed E-state index contributed by atoms with van der Waals surface area (Å²) >= 11 is 5.24. The molecule has 0 saturated carbocycles. The van der Waals surface area contributed by atoms with Crippen molar-refractivity contribution >= 4 is 29.2 Å². The highest BCUT2D eigenvalue weighted by molar-refractivity contribution is 7.71. The molecule has 4 rings (SSSR count). The van der Waals surface area contributed by atoms with Crippen molar-refractivity contribution in [3.8, 4) is 11.3 Å². The maximum absolute atomic E-state index is 13.2. The normalized spacial score (nSPS) is 11.4. The molecule has 0 aliphatic heterocycles. The number of benzene rings is 1. The second kappa shape index (κ2) is 9.04. The molecule has 8 nitrogen and oxygen atoms in total. The lowest BCUT2D eigenvalue weighted by Crippen LogP contribution is -2.27. The minimum Gasteiger partial charge on any atom is -0.352 e. The third-order valence-electron chi connectivity index (χ3n) is 5.51. The van der Waals surface area contributed by atoms with Crippen LogP contribution in [-0.4, -0.2) is 42.0 Å². The van der Waals surface area contributed by atoms with Gasteiger partial charge in [0.15, 0.2) is 10.4 Å². The number of carbonyl (C=O) groups is 1. The molecule has 0 atom stereocenters. The van der Waals surface area contributed by atoms with Gasteiger partial charge in [0.1, 0.15) is 5.82 Å². The smallest absolute Gasteiger partial charge is 0.252 e. The Morgan fingerprint density at radius 1 is 1.28 bits per heavy atom. The highest BCUT2D eigenvalue weighted by atomic mass is 32.1. The molecule has 0 unspecified atom stereocenters. The number of aromatic amines is 1. The maximum atomic E-state index is 13.2. The highest BCUT2D eigenvalue weighted by Crippen LogP contribution is 2.28. The zero-order valence-corrected chi connectivity index (χ0v) is 19.5. The fraction of sp³-hybridized carbons (Fsp3) is 0.348. The molecule has 4 aromatic rings. The lowest BCUT2D eigenvalue weighted by Gasteiger charge is -2.12. The molecule has 0 aliphatic rings. The predicted octanol–water partition coefficient (Wildman–Crippen LogP) is 4.23. The van der Waals surface area contributed by atoms with E-state index in [1.54, 1.807) is 6.20 Å². The monoisotopic (exact) mass is 449 g/mol. The molecule has 0 aliphatic carbocycles. The van der Waals surface area contributed by atoms with E-state index < -0.39 is 0 Å². The largest absolute Gasteiger partial charge is 0.352 e. The zero-order valence-electron chi connectivity index (χ0n) is 18.7. The summed E-state index contributed by atoms with van der Waals surface area (Å²) < 4.78 is 4.37. The molecule has 2 N–H and O–H groups in total. The molecule has 9 heteroatoms. The van der Waals surface area contributed by atoms with Crippen molar-refractivity contribution in [2.75, 3.05) is 6.54 Å². The Morgan fingerprint density at radius 2 is 2.06 bits per heavy atom. The van der Waals surface area contributed by atoms with Gasteiger partial charge in [-0.15, -0.1) is 0 Å². The van der Waals surface area contributed by atoms with Gasteiger partial charge in [-0.2, -0.15) is 10.2 Å². The van der Waals surface area contributed by atoms with Crippen LogP contribution in [0.1, 0.15) is 48.6 Å². The third kappa shape index (κ3) is 4.08. The summed E-state index contributed by atoms with van der Waals surface area (Å²) in [5, 5.41) is 15.3. The number of aryl methyl sites for hydroxylation is 1. The van der Waals surface area contributed by atoms with E-state index >= 15 is 0 Å². The van der Waals surface area contributed by atoms with Crippen LogP contribution < -0.4 is 5.32 Å². The van der Waals surface area contributed by atoms with Crippen molar-refractivity contribution in [1.82, 2.24) is 34.8 Å². The second-order valence-corrected chi connectivity index (χ2v) is 8.37. The van der Waals surface area contributed by atoms with Gasteiger partial charge in [-0.1, -0.05) is 24.3 Å². The van der Waals surface area contributed by atoms with Crippen LogP contribution in [-0.2, 0) is 13.0 Å². The van der Waals surface area contributed by atoms with Crippen LogP contribution in [0.4, 0.5) is 0 Å². The third-order valence-corrected chi connectivity index (χ3v) is 5.82. The van der Waals surface area contributed by atoms with Gasteiger partial charge < -0.3 is 9.88 Å². The number of nitrogens with one attached hydrogen (secondary N) is 2. The first-order valence-corrected chi connectivity index (χ1v) is 11.2. The van der Waals surface area contributed by atoms with Crippen molar-refractivity contribution < 1.29 is 4.79 Å². The summed E-state index contributed by atoms with van der Waals surface area (Å²) in [6.07, 6.45) is 2.30. The lowest BCUT2D eigenvalue weighted by atomic mass is 10.0. The van der Waals surface area contributed by atoms with Gasteiger partial charge in [0, 0.05) is 31.1 Å². The summed E-state index contributed by atoms with van der Waals surface area (Å²) in [5.74, 6) is 0.665. The van der Waals surface area contributed by atoms with E-state index in [0.29, 0.717) is 28.9 Å². The van der Waals surface area contributed by atoms with Crippen molar-refractivity contribution in [1.29, 1.82) is 0 Å².